The van der Waals surface area contributed by atoms with Crippen molar-refractivity contribution in [2.45, 2.75) is 26.2 Å². The Kier molecular flexibility index (Phi) is 3.88. The van der Waals surface area contributed by atoms with Gasteiger partial charge in [-0.1, -0.05) is 13.8 Å². The van der Waals surface area contributed by atoms with E-state index in [1.807, 2.05) is 6.07 Å². The molecule has 1 aromatic heterocycles. The molecule has 19 heavy (non-hydrogen) atoms. The lowest BCUT2D eigenvalue weighted by Gasteiger charge is -2.39. The highest BCUT2D eigenvalue weighted by Crippen LogP contribution is 2.42. The van der Waals surface area contributed by atoms with Crippen molar-refractivity contribution in [3.05, 3.63) is 35.8 Å². The van der Waals surface area contributed by atoms with Crippen LogP contribution in [0.4, 0.5) is 4.39 Å². The van der Waals surface area contributed by atoms with Crippen LogP contribution in [0.15, 0.2) is 28.9 Å². The van der Waals surface area contributed by atoms with Gasteiger partial charge in [0.2, 0.25) is 0 Å². The fraction of sp³-hybridized carbons (Fsp3) is 0.467. The molecule has 104 valence electrons. The Morgan fingerprint density at radius 2 is 2.16 bits per heavy atom. The molecule has 4 heteroatoms. The van der Waals surface area contributed by atoms with Crippen LogP contribution >= 0.6 is 12.4 Å². The molecule has 2 heterocycles. The molecule has 0 bridgehead atoms. The van der Waals surface area contributed by atoms with Crippen LogP contribution in [0.5, 0.6) is 0 Å². The summed E-state index contributed by atoms with van der Waals surface area (Å²) in [6.45, 7) is 6.39. The van der Waals surface area contributed by atoms with Gasteiger partial charge in [0.25, 0.3) is 0 Å². The first-order valence-electron chi connectivity index (χ1n) is 6.45. The summed E-state index contributed by atoms with van der Waals surface area (Å²) in [5, 5.41) is 4.27. The van der Waals surface area contributed by atoms with Gasteiger partial charge in [-0.2, -0.15) is 0 Å². The summed E-state index contributed by atoms with van der Waals surface area (Å²) in [6.07, 6.45) is 2.66. The van der Waals surface area contributed by atoms with Crippen molar-refractivity contribution in [3.63, 3.8) is 0 Å². The molecule has 0 aliphatic carbocycles. The van der Waals surface area contributed by atoms with Crippen molar-refractivity contribution in [2.24, 2.45) is 5.41 Å². The number of halogens is 2. The number of nitrogens with one attached hydrogen (secondary N) is 1. The molecule has 2 aromatic rings. The van der Waals surface area contributed by atoms with E-state index in [1.54, 1.807) is 12.3 Å². The van der Waals surface area contributed by atoms with Crippen LogP contribution in [0.25, 0.3) is 11.0 Å². The Bertz CT molecular complexity index is 579. The highest BCUT2D eigenvalue weighted by atomic mass is 35.5. The van der Waals surface area contributed by atoms with Gasteiger partial charge < -0.3 is 9.73 Å². The minimum absolute atomic E-state index is 0. The van der Waals surface area contributed by atoms with Crippen molar-refractivity contribution in [1.29, 1.82) is 0 Å². The molecule has 1 aliphatic rings. The summed E-state index contributed by atoms with van der Waals surface area (Å²) >= 11 is 0. The number of benzene rings is 1. The second-order valence-electron chi connectivity index (χ2n) is 5.84. The van der Waals surface area contributed by atoms with E-state index in [0.29, 0.717) is 5.92 Å². The van der Waals surface area contributed by atoms with Gasteiger partial charge in [0.1, 0.15) is 11.4 Å². The molecule has 1 aromatic carbocycles. The summed E-state index contributed by atoms with van der Waals surface area (Å²) in [6, 6.07) is 5.01. The van der Waals surface area contributed by atoms with E-state index in [4.69, 9.17) is 4.42 Å². The van der Waals surface area contributed by atoms with Gasteiger partial charge in [-0.3, -0.25) is 0 Å². The number of hydrogen-bond acceptors (Lipinski definition) is 2. The lowest BCUT2D eigenvalue weighted by atomic mass is 9.71. The van der Waals surface area contributed by atoms with E-state index in [0.717, 1.165) is 36.0 Å². The molecule has 1 saturated heterocycles. The normalized spacial score (nSPS) is 22.2. The largest absolute Gasteiger partial charge is 0.464 e. The fourth-order valence-corrected chi connectivity index (χ4v) is 3.08. The average Bonchev–Trinajstić information content (AvgIpc) is 2.75. The van der Waals surface area contributed by atoms with Crippen LogP contribution in [0.2, 0.25) is 0 Å². The molecular weight excluding hydrogens is 265 g/mol. The summed E-state index contributed by atoms with van der Waals surface area (Å²) < 4.78 is 19.3. The Morgan fingerprint density at radius 1 is 1.37 bits per heavy atom. The van der Waals surface area contributed by atoms with Crippen LogP contribution in [0, 0.1) is 11.2 Å². The van der Waals surface area contributed by atoms with Crippen LogP contribution in [0.3, 0.4) is 0 Å². The van der Waals surface area contributed by atoms with Gasteiger partial charge in [0, 0.05) is 17.5 Å². The quantitative estimate of drug-likeness (QED) is 0.852. The molecule has 0 spiro atoms. The van der Waals surface area contributed by atoms with Gasteiger partial charge in [-0.25, -0.2) is 4.39 Å². The van der Waals surface area contributed by atoms with E-state index in [2.05, 4.69) is 19.2 Å². The first-order valence-corrected chi connectivity index (χ1v) is 6.45. The number of furan rings is 1. The summed E-state index contributed by atoms with van der Waals surface area (Å²) in [4.78, 5) is 0. The van der Waals surface area contributed by atoms with Crippen molar-refractivity contribution in [3.8, 4) is 0 Å². The van der Waals surface area contributed by atoms with E-state index < -0.39 is 0 Å². The fourth-order valence-electron chi connectivity index (χ4n) is 3.08. The highest BCUT2D eigenvalue weighted by molar-refractivity contribution is 5.85. The first-order chi connectivity index (χ1) is 8.58. The lowest BCUT2D eigenvalue weighted by molar-refractivity contribution is 0.219. The number of piperidine rings is 1. The molecular formula is C15H19ClFNO. The van der Waals surface area contributed by atoms with E-state index in [-0.39, 0.29) is 23.6 Å². The molecule has 1 fully saturated rings. The third-order valence-electron chi connectivity index (χ3n) is 4.05. The molecule has 1 aliphatic heterocycles. The SMILES string of the molecule is CC1(C)CNCCC1c1cc(F)cc2ccoc12.Cl. The molecule has 1 unspecified atom stereocenters. The summed E-state index contributed by atoms with van der Waals surface area (Å²) in [5.41, 5.74) is 1.98. The summed E-state index contributed by atoms with van der Waals surface area (Å²) in [5.74, 6) is 0.163. The van der Waals surface area contributed by atoms with Gasteiger partial charge in [0.15, 0.2) is 0 Å². The molecule has 1 N–H and O–H groups in total. The lowest BCUT2D eigenvalue weighted by Crippen LogP contribution is -2.41. The maximum Gasteiger partial charge on any atom is 0.137 e. The van der Waals surface area contributed by atoms with E-state index >= 15 is 0 Å². The van der Waals surface area contributed by atoms with Crippen LogP contribution < -0.4 is 5.32 Å². The Hall–Kier alpha value is -1.06. The maximum absolute atomic E-state index is 13.7. The van der Waals surface area contributed by atoms with Crippen molar-refractivity contribution < 1.29 is 8.81 Å². The Morgan fingerprint density at radius 3 is 2.89 bits per heavy atom. The second kappa shape index (κ2) is 5.14. The van der Waals surface area contributed by atoms with Crippen molar-refractivity contribution in [1.82, 2.24) is 5.32 Å². The third kappa shape index (κ3) is 2.49. The van der Waals surface area contributed by atoms with E-state index in [1.165, 1.54) is 6.07 Å². The zero-order valence-electron chi connectivity index (χ0n) is 11.2. The topological polar surface area (TPSA) is 25.2 Å². The van der Waals surface area contributed by atoms with E-state index in [9.17, 15) is 4.39 Å². The molecule has 0 radical (unpaired) electrons. The second-order valence-corrected chi connectivity index (χ2v) is 5.84. The molecule has 0 amide bonds. The third-order valence-corrected chi connectivity index (χ3v) is 4.05. The average molecular weight is 284 g/mol. The van der Waals surface area contributed by atoms with Gasteiger partial charge in [0.05, 0.1) is 6.26 Å². The predicted molar refractivity (Wildman–Crippen MR) is 77.4 cm³/mol. The van der Waals surface area contributed by atoms with Crippen LogP contribution in [-0.4, -0.2) is 13.1 Å². The number of fused-ring (bicyclic) bond motifs is 1. The Balaban J connectivity index is 0.00000133. The molecule has 1 atom stereocenters. The summed E-state index contributed by atoms with van der Waals surface area (Å²) in [7, 11) is 0. The predicted octanol–water partition coefficient (Wildman–Crippen LogP) is 4.10. The van der Waals surface area contributed by atoms with Crippen LogP contribution in [-0.2, 0) is 0 Å². The van der Waals surface area contributed by atoms with Gasteiger partial charge in [-0.15, -0.1) is 12.4 Å². The van der Waals surface area contributed by atoms with Gasteiger partial charge in [-0.05, 0) is 42.5 Å². The molecule has 0 saturated carbocycles. The minimum Gasteiger partial charge on any atom is -0.464 e. The minimum atomic E-state index is -0.173. The van der Waals surface area contributed by atoms with Crippen LogP contribution in [0.1, 0.15) is 31.7 Å². The molecule has 2 nitrogen and oxygen atoms in total. The first kappa shape index (κ1) is 14.4. The monoisotopic (exact) mass is 283 g/mol. The van der Waals surface area contributed by atoms with Gasteiger partial charge >= 0.3 is 0 Å². The standard InChI is InChI=1S/C15H18FNO.ClH/c1-15(2)9-17-5-3-13(15)12-8-11(16)7-10-4-6-18-14(10)12;/h4,6-8,13,17H,3,5,9H2,1-2H3;1H. The zero-order valence-corrected chi connectivity index (χ0v) is 12.0. The Labute approximate surface area is 118 Å². The smallest absolute Gasteiger partial charge is 0.137 e. The highest BCUT2D eigenvalue weighted by Gasteiger charge is 2.35. The van der Waals surface area contributed by atoms with Crippen molar-refractivity contribution in [2.75, 3.05) is 13.1 Å². The zero-order chi connectivity index (χ0) is 12.8. The molecule has 3 rings (SSSR count). The number of rotatable bonds is 1. The van der Waals surface area contributed by atoms with Crippen molar-refractivity contribution >= 4 is 23.4 Å². The number of hydrogen-bond donors (Lipinski definition) is 1. The maximum atomic E-state index is 13.7.